The second-order valence-corrected chi connectivity index (χ2v) is 8.94. The number of aryl methyl sites for hydroxylation is 1. The molecule has 10 nitrogen and oxygen atoms in total. The normalized spacial score (nSPS) is 10.9. The first-order chi connectivity index (χ1) is 19.7. The number of nitrogens with zero attached hydrogens (tertiary/aromatic N) is 3. The molecule has 3 N–H and O–H groups in total. The highest BCUT2D eigenvalue weighted by Gasteiger charge is 2.08. The lowest BCUT2D eigenvalue weighted by Crippen LogP contribution is -2.29. The van der Waals surface area contributed by atoms with Gasteiger partial charge in [-0.3, -0.25) is 10.3 Å². The number of benzene rings is 2. The number of ether oxygens (including phenoxy) is 3. The van der Waals surface area contributed by atoms with Crippen LogP contribution in [0.2, 0.25) is 0 Å². The number of anilines is 1. The zero-order valence-electron chi connectivity index (χ0n) is 22.4. The Kier molecular flexibility index (Phi) is 11.6. The summed E-state index contributed by atoms with van der Waals surface area (Å²) in [7, 11) is 0. The molecule has 0 saturated heterocycles. The minimum Gasteiger partial charge on any atom is -0.491 e. The number of unbranched alkanes of at least 4 members (excludes halogenated alkanes) is 1. The van der Waals surface area contributed by atoms with Crippen LogP contribution in [0.25, 0.3) is 22.4 Å². The number of nitrogens with one attached hydrogen (secondary N) is 2. The van der Waals surface area contributed by atoms with Gasteiger partial charge in [-0.1, -0.05) is 30.3 Å². The Labute approximate surface area is 233 Å². The van der Waals surface area contributed by atoms with Gasteiger partial charge < -0.3 is 24.6 Å². The Hall–Kier alpha value is -4.12. The largest absolute Gasteiger partial charge is 0.491 e. The second kappa shape index (κ2) is 16.1. The predicted molar refractivity (Wildman–Crippen MR) is 153 cm³/mol. The van der Waals surface area contributed by atoms with Crippen LogP contribution in [0, 0.1) is 0 Å². The Morgan fingerprint density at radius 2 is 1.60 bits per heavy atom. The number of carbonyl (C=O) groups excluding carboxylic acids is 1. The van der Waals surface area contributed by atoms with Gasteiger partial charge in [0.1, 0.15) is 23.7 Å². The van der Waals surface area contributed by atoms with E-state index < -0.39 is 0 Å². The first kappa shape index (κ1) is 28.9. The number of hydrogen-bond acceptors (Lipinski definition) is 8. The lowest BCUT2D eigenvalue weighted by Gasteiger charge is -2.09. The van der Waals surface area contributed by atoms with Crippen LogP contribution < -0.4 is 15.4 Å². The molecule has 0 saturated carbocycles. The molecule has 4 aromatic rings. The molecule has 4 rings (SSSR count). The van der Waals surface area contributed by atoms with E-state index in [1.807, 2.05) is 42.5 Å². The standard InChI is InChI=1S/C30H35N5O5/c36-16-17-38-18-19-39-20-21-40-25-11-9-24(10-12-25)27-22-32-26-13-14-28(34-29(26)33-27)35-30(37)31-15-5-4-8-23-6-2-1-3-7-23/h1-3,6-7,9-14,22,36H,4-5,8,15-21H2,(H2,31,33,34,35,37). The zero-order valence-corrected chi connectivity index (χ0v) is 22.4. The molecule has 0 spiro atoms. The van der Waals surface area contributed by atoms with Crippen LogP contribution in [-0.4, -0.2) is 72.3 Å². The van der Waals surface area contributed by atoms with Gasteiger partial charge >= 0.3 is 6.03 Å². The third-order valence-corrected chi connectivity index (χ3v) is 5.92. The van der Waals surface area contributed by atoms with Crippen molar-refractivity contribution in [3.63, 3.8) is 0 Å². The van der Waals surface area contributed by atoms with Gasteiger partial charge in [-0.2, -0.15) is 0 Å². The molecule has 40 heavy (non-hydrogen) atoms. The maximum Gasteiger partial charge on any atom is 0.320 e. The predicted octanol–water partition coefficient (Wildman–Crippen LogP) is 4.24. The van der Waals surface area contributed by atoms with E-state index in [0.29, 0.717) is 68.0 Å². The van der Waals surface area contributed by atoms with Crippen LogP contribution in [0.4, 0.5) is 10.6 Å². The molecule has 2 heterocycles. The molecule has 0 bridgehead atoms. The lowest BCUT2D eigenvalue weighted by molar-refractivity contribution is 0.0247. The Balaban J connectivity index is 1.22. The topological polar surface area (TPSA) is 128 Å². The smallest absolute Gasteiger partial charge is 0.320 e. The summed E-state index contributed by atoms with van der Waals surface area (Å²) in [5.41, 5.74) is 3.91. The van der Waals surface area contributed by atoms with Crippen LogP contribution in [0.3, 0.4) is 0 Å². The fourth-order valence-corrected chi connectivity index (χ4v) is 3.89. The van der Waals surface area contributed by atoms with Gasteiger partial charge in [0.15, 0.2) is 5.65 Å². The number of aliphatic hydroxyl groups is 1. The highest BCUT2D eigenvalue weighted by Crippen LogP contribution is 2.22. The Bertz CT molecular complexity index is 1320. The molecule has 2 aromatic heterocycles. The van der Waals surface area contributed by atoms with Crippen LogP contribution in [0.5, 0.6) is 5.75 Å². The quantitative estimate of drug-likeness (QED) is 0.178. The van der Waals surface area contributed by atoms with Crippen molar-refractivity contribution in [3.05, 3.63) is 78.5 Å². The summed E-state index contributed by atoms with van der Waals surface area (Å²) < 4.78 is 16.3. The number of fused-ring (bicyclic) bond motifs is 1. The molecule has 0 radical (unpaired) electrons. The summed E-state index contributed by atoms with van der Waals surface area (Å²) in [6.07, 6.45) is 4.58. The molecule has 0 atom stereocenters. The summed E-state index contributed by atoms with van der Waals surface area (Å²) in [4.78, 5) is 25.9. The average Bonchev–Trinajstić information content (AvgIpc) is 2.99. The molecular formula is C30H35N5O5. The van der Waals surface area contributed by atoms with E-state index in [4.69, 9.17) is 19.3 Å². The zero-order chi connectivity index (χ0) is 27.8. The molecular weight excluding hydrogens is 510 g/mol. The first-order valence-electron chi connectivity index (χ1n) is 13.4. The SMILES string of the molecule is O=C(NCCCCc1ccccc1)Nc1ccc2ncc(-c3ccc(OCCOCCOCCO)cc3)nc2n1. The number of aromatic nitrogens is 3. The van der Waals surface area contributed by atoms with Crippen LogP contribution in [0.15, 0.2) is 72.9 Å². The first-order valence-corrected chi connectivity index (χ1v) is 13.4. The lowest BCUT2D eigenvalue weighted by atomic mass is 10.1. The molecule has 0 aliphatic carbocycles. The number of carbonyl (C=O) groups is 1. The van der Waals surface area contributed by atoms with Gasteiger partial charge in [0.05, 0.1) is 44.9 Å². The Morgan fingerprint density at radius 1 is 0.825 bits per heavy atom. The van der Waals surface area contributed by atoms with Gasteiger partial charge in [0.25, 0.3) is 0 Å². The van der Waals surface area contributed by atoms with E-state index in [-0.39, 0.29) is 12.6 Å². The van der Waals surface area contributed by atoms with E-state index in [2.05, 4.69) is 37.7 Å². The van der Waals surface area contributed by atoms with Crippen molar-refractivity contribution >= 4 is 23.0 Å². The maximum absolute atomic E-state index is 12.3. The second-order valence-electron chi connectivity index (χ2n) is 8.94. The fraction of sp³-hybridized carbons (Fsp3) is 0.333. The molecule has 0 unspecified atom stereocenters. The summed E-state index contributed by atoms with van der Waals surface area (Å²) >= 11 is 0. The average molecular weight is 546 g/mol. The molecule has 2 aromatic carbocycles. The minimum atomic E-state index is -0.299. The summed E-state index contributed by atoms with van der Waals surface area (Å²) in [6.45, 7) is 2.66. The molecule has 0 fully saturated rings. The summed E-state index contributed by atoms with van der Waals surface area (Å²) in [5, 5.41) is 14.3. The van der Waals surface area contributed by atoms with Crippen molar-refractivity contribution in [3.8, 4) is 17.0 Å². The summed E-state index contributed by atoms with van der Waals surface area (Å²) in [5.74, 6) is 1.12. The van der Waals surface area contributed by atoms with Crippen molar-refractivity contribution < 1.29 is 24.1 Å². The molecule has 210 valence electrons. The van der Waals surface area contributed by atoms with Gasteiger partial charge in [-0.25, -0.2) is 14.8 Å². The van der Waals surface area contributed by atoms with E-state index in [1.165, 1.54) is 5.56 Å². The van der Waals surface area contributed by atoms with Crippen molar-refractivity contribution in [2.75, 3.05) is 51.5 Å². The summed E-state index contributed by atoms with van der Waals surface area (Å²) in [6, 6.07) is 21.0. The number of hydrogen-bond donors (Lipinski definition) is 3. The van der Waals surface area contributed by atoms with Gasteiger partial charge in [-0.05, 0) is 61.2 Å². The monoisotopic (exact) mass is 545 g/mol. The minimum absolute atomic E-state index is 0.00780. The Morgan fingerprint density at radius 3 is 2.40 bits per heavy atom. The highest BCUT2D eigenvalue weighted by molar-refractivity contribution is 5.89. The number of aliphatic hydroxyl groups excluding tert-OH is 1. The van der Waals surface area contributed by atoms with Crippen LogP contribution in [-0.2, 0) is 15.9 Å². The van der Waals surface area contributed by atoms with Crippen molar-refractivity contribution in [2.24, 2.45) is 0 Å². The number of rotatable bonds is 16. The maximum atomic E-state index is 12.3. The number of urea groups is 1. The van der Waals surface area contributed by atoms with E-state index >= 15 is 0 Å². The fourth-order valence-electron chi connectivity index (χ4n) is 3.89. The van der Waals surface area contributed by atoms with Gasteiger partial charge in [0, 0.05) is 12.1 Å². The van der Waals surface area contributed by atoms with E-state index in [9.17, 15) is 4.79 Å². The van der Waals surface area contributed by atoms with E-state index in [0.717, 1.165) is 24.8 Å². The molecule has 10 heteroatoms. The third-order valence-electron chi connectivity index (χ3n) is 5.92. The number of amides is 2. The van der Waals surface area contributed by atoms with Gasteiger partial charge in [-0.15, -0.1) is 0 Å². The van der Waals surface area contributed by atoms with Crippen LogP contribution in [0.1, 0.15) is 18.4 Å². The molecule has 0 aliphatic rings. The van der Waals surface area contributed by atoms with E-state index in [1.54, 1.807) is 18.3 Å². The third kappa shape index (κ3) is 9.57. The van der Waals surface area contributed by atoms with Gasteiger partial charge in [0.2, 0.25) is 0 Å². The highest BCUT2D eigenvalue weighted by atomic mass is 16.5. The van der Waals surface area contributed by atoms with Crippen molar-refractivity contribution in [1.82, 2.24) is 20.3 Å². The molecule has 2 amide bonds. The van der Waals surface area contributed by atoms with Crippen molar-refractivity contribution in [2.45, 2.75) is 19.3 Å². The number of pyridine rings is 1. The van der Waals surface area contributed by atoms with Crippen LogP contribution >= 0.6 is 0 Å². The molecule has 0 aliphatic heterocycles. The van der Waals surface area contributed by atoms with Crippen molar-refractivity contribution in [1.29, 1.82) is 0 Å².